The van der Waals surface area contributed by atoms with Crippen LogP contribution < -0.4 is 5.73 Å². The summed E-state index contributed by atoms with van der Waals surface area (Å²) >= 11 is 0. The first kappa shape index (κ1) is 15.2. The zero-order valence-corrected chi connectivity index (χ0v) is 11.6. The van der Waals surface area contributed by atoms with E-state index >= 15 is 0 Å². The van der Waals surface area contributed by atoms with E-state index in [4.69, 9.17) is 10.9 Å². The molecule has 2 rings (SSSR count). The quantitative estimate of drug-likeness (QED) is 0.379. The third-order valence-corrected chi connectivity index (χ3v) is 3.72. The first-order valence-electron chi connectivity index (χ1n) is 6.70. The summed E-state index contributed by atoms with van der Waals surface area (Å²) in [7, 11) is 0. The summed E-state index contributed by atoms with van der Waals surface area (Å²) in [5.41, 5.74) is 5.18. The Hall–Kier alpha value is -2.18. The van der Waals surface area contributed by atoms with Gasteiger partial charge in [-0.2, -0.15) is 0 Å². The van der Waals surface area contributed by atoms with Gasteiger partial charge in [0.2, 0.25) is 0 Å². The summed E-state index contributed by atoms with van der Waals surface area (Å²) in [6, 6.07) is 1.70. The maximum Gasteiger partial charge on any atom is 0.260 e. The standard InChI is InChI=1S/C14H17F2N3O2/c1-8-5-6-9(15)11(12(8)16)14(20)19-7-3-2-4-10(19)13(17)18-21/h5-6,10,21H,2-4,7H2,1H3,(H2,17,18). The molecule has 1 aromatic rings. The number of piperidine rings is 1. The van der Waals surface area contributed by atoms with Crippen LogP contribution in [0.2, 0.25) is 0 Å². The second kappa shape index (κ2) is 6.07. The molecule has 0 aliphatic carbocycles. The number of rotatable bonds is 2. The SMILES string of the molecule is Cc1ccc(F)c(C(=O)N2CCCCC2/C(N)=N/O)c1F. The predicted octanol–water partition coefficient (Wildman–Crippen LogP) is 2.01. The Bertz CT molecular complexity index is 590. The van der Waals surface area contributed by atoms with Crippen LogP contribution >= 0.6 is 0 Å². The average Bonchev–Trinajstić information content (AvgIpc) is 2.50. The minimum atomic E-state index is -0.910. The number of nitrogens with zero attached hydrogens (tertiary/aromatic N) is 2. The number of aryl methyl sites for hydroxylation is 1. The molecular formula is C14H17F2N3O2. The van der Waals surface area contributed by atoms with Crippen LogP contribution in [0.25, 0.3) is 0 Å². The van der Waals surface area contributed by atoms with Gasteiger partial charge in [0.05, 0.1) is 6.04 Å². The van der Waals surface area contributed by atoms with Crippen molar-refractivity contribution < 1.29 is 18.8 Å². The fraction of sp³-hybridized carbons (Fsp3) is 0.429. The summed E-state index contributed by atoms with van der Waals surface area (Å²) < 4.78 is 27.9. The molecule has 1 aliphatic heterocycles. The largest absolute Gasteiger partial charge is 0.409 e. The molecule has 3 N–H and O–H groups in total. The summed E-state index contributed by atoms with van der Waals surface area (Å²) in [4.78, 5) is 13.7. The number of hydrogen-bond donors (Lipinski definition) is 2. The Morgan fingerprint density at radius 2 is 2.14 bits per heavy atom. The maximum absolute atomic E-state index is 14.1. The Labute approximate surface area is 121 Å². The van der Waals surface area contributed by atoms with Crippen molar-refractivity contribution in [3.8, 4) is 0 Å². The molecule has 0 aromatic heterocycles. The topological polar surface area (TPSA) is 78.9 Å². The van der Waals surface area contributed by atoms with Crippen LogP contribution in [0.15, 0.2) is 17.3 Å². The lowest BCUT2D eigenvalue weighted by Crippen LogP contribution is -2.51. The molecule has 114 valence electrons. The van der Waals surface area contributed by atoms with E-state index in [2.05, 4.69) is 5.16 Å². The first-order valence-corrected chi connectivity index (χ1v) is 6.70. The van der Waals surface area contributed by atoms with Gasteiger partial charge in [-0.05, 0) is 37.8 Å². The number of likely N-dealkylation sites (tertiary alicyclic amines) is 1. The van der Waals surface area contributed by atoms with E-state index in [0.29, 0.717) is 19.4 Å². The summed E-state index contributed by atoms with van der Waals surface area (Å²) in [5.74, 6) is -2.68. The second-order valence-electron chi connectivity index (χ2n) is 5.09. The molecule has 1 aliphatic rings. The highest BCUT2D eigenvalue weighted by atomic mass is 19.1. The fourth-order valence-corrected chi connectivity index (χ4v) is 2.55. The molecule has 1 unspecified atom stereocenters. The minimum Gasteiger partial charge on any atom is -0.409 e. The van der Waals surface area contributed by atoms with E-state index in [0.717, 1.165) is 12.5 Å². The highest BCUT2D eigenvalue weighted by Crippen LogP contribution is 2.24. The van der Waals surface area contributed by atoms with E-state index in [1.54, 1.807) is 0 Å². The van der Waals surface area contributed by atoms with Crippen molar-refractivity contribution in [2.75, 3.05) is 6.54 Å². The van der Waals surface area contributed by atoms with Crippen LogP contribution in [0.5, 0.6) is 0 Å². The number of amides is 1. The van der Waals surface area contributed by atoms with E-state index in [1.165, 1.54) is 17.9 Å². The van der Waals surface area contributed by atoms with Gasteiger partial charge < -0.3 is 15.8 Å². The van der Waals surface area contributed by atoms with E-state index in [9.17, 15) is 13.6 Å². The Morgan fingerprint density at radius 3 is 2.81 bits per heavy atom. The van der Waals surface area contributed by atoms with Gasteiger partial charge in [0.25, 0.3) is 5.91 Å². The lowest BCUT2D eigenvalue weighted by atomic mass is 9.99. The molecule has 0 radical (unpaired) electrons. The van der Waals surface area contributed by atoms with Gasteiger partial charge in [0, 0.05) is 6.54 Å². The van der Waals surface area contributed by atoms with E-state index in [-0.39, 0.29) is 11.4 Å². The number of benzene rings is 1. The molecule has 0 saturated carbocycles. The van der Waals surface area contributed by atoms with Crippen LogP contribution in [-0.2, 0) is 0 Å². The zero-order chi connectivity index (χ0) is 15.6. The molecule has 21 heavy (non-hydrogen) atoms. The zero-order valence-electron chi connectivity index (χ0n) is 11.6. The summed E-state index contributed by atoms with van der Waals surface area (Å²) in [6.07, 6.45) is 2.00. The lowest BCUT2D eigenvalue weighted by Gasteiger charge is -2.35. The number of halogens is 2. The van der Waals surface area contributed by atoms with Crippen molar-refractivity contribution in [1.29, 1.82) is 0 Å². The van der Waals surface area contributed by atoms with E-state index < -0.39 is 29.1 Å². The number of carbonyl (C=O) groups excluding carboxylic acids is 1. The van der Waals surface area contributed by atoms with Crippen molar-refractivity contribution >= 4 is 11.7 Å². The van der Waals surface area contributed by atoms with Crippen molar-refractivity contribution in [3.05, 3.63) is 34.9 Å². The third-order valence-electron chi connectivity index (χ3n) is 3.72. The summed E-state index contributed by atoms with van der Waals surface area (Å²) in [6.45, 7) is 1.77. The van der Waals surface area contributed by atoms with Gasteiger partial charge in [0.1, 0.15) is 17.2 Å². The molecule has 1 amide bonds. The molecule has 1 aromatic carbocycles. The van der Waals surface area contributed by atoms with Crippen molar-refractivity contribution in [2.45, 2.75) is 32.2 Å². The third kappa shape index (κ3) is 2.81. The van der Waals surface area contributed by atoms with Crippen LogP contribution in [-0.4, -0.2) is 34.4 Å². The van der Waals surface area contributed by atoms with Gasteiger partial charge in [-0.1, -0.05) is 11.2 Å². The monoisotopic (exact) mass is 297 g/mol. The van der Waals surface area contributed by atoms with Crippen molar-refractivity contribution in [1.82, 2.24) is 4.90 Å². The highest BCUT2D eigenvalue weighted by molar-refractivity contribution is 5.99. The molecule has 1 fully saturated rings. The number of amidine groups is 1. The number of carbonyl (C=O) groups is 1. The second-order valence-corrected chi connectivity index (χ2v) is 5.09. The predicted molar refractivity (Wildman–Crippen MR) is 73.2 cm³/mol. The Morgan fingerprint density at radius 1 is 1.43 bits per heavy atom. The average molecular weight is 297 g/mol. The Kier molecular flexibility index (Phi) is 4.40. The minimum absolute atomic E-state index is 0.128. The number of oxime groups is 1. The van der Waals surface area contributed by atoms with Crippen molar-refractivity contribution in [3.63, 3.8) is 0 Å². The maximum atomic E-state index is 14.1. The summed E-state index contributed by atoms with van der Waals surface area (Å²) in [5, 5.41) is 11.7. The molecule has 1 atom stereocenters. The molecule has 1 saturated heterocycles. The molecular weight excluding hydrogens is 280 g/mol. The van der Waals surface area contributed by atoms with Crippen molar-refractivity contribution in [2.24, 2.45) is 10.9 Å². The molecule has 5 nitrogen and oxygen atoms in total. The first-order chi connectivity index (χ1) is 9.97. The number of hydrogen-bond acceptors (Lipinski definition) is 3. The van der Waals surface area contributed by atoms with E-state index in [1.807, 2.05) is 0 Å². The smallest absolute Gasteiger partial charge is 0.260 e. The van der Waals surface area contributed by atoms with Gasteiger partial charge in [-0.25, -0.2) is 8.78 Å². The van der Waals surface area contributed by atoms with Crippen LogP contribution in [0.3, 0.4) is 0 Å². The van der Waals surface area contributed by atoms with Gasteiger partial charge in [0.15, 0.2) is 5.84 Å². The number of nitrogens with two attached hydrogens (primary N) is 1. The Balaban J connectivity index is 2.40. The fourth-order valence-electron chi connectivity index (χ4n) is 2.55. The van der Waals surface area contributed by atoms with Crippen LogP contribution in [0, 0.1) is 18.6 Å². The molecule has 0 spiro atoms. The lowest BCUT2D eigenvalue weighted by molar-refractivity contribution is 0.0666. The highest BCUT2D eigenvalue weighted by Gasteiger charge is 2.33. The van der Waals surface area contributed by atoms with Gasteiger partial charge >= 0.3 is 0 Å². The normalized spacial score (nSPS) is 19.7. The molecule has 0 bridgehead atoms. The van der Waals surface area contributed by atoms with Gasteiger partial charge in [-0.3, -0.25) is 4.79 Å². The van der Waals surface area contributed by atoms with Gasteiger partial charge in [-0.15, -0.1) is 0 Å². The van der Waals surface area contributed by atoms with Crippen LogP contribution in [0.4, 0.5) is 8.78 Å². The van der Waals surface area contributed by atoms with Crippen LogP contribution in [0.1, 0.15) is 35.2 Å². The molecule has 7 heteroatoms. The molecule has 1 heterocycles.